The van der Waals surface area contributed by atoms with Gasteiger partial charge in [0.2, 0.25) is 0 Å². The van der Waals surface area contributed by atoms with Crippen LogP contribution in [-0.2, 0) is 0 Å². The Kier molecular flexibility index (Phi) is 4.73. The van der Waals surface area contributed by atoms with Crippen LogP contribution in [0.15, 0.2) is 42.5 Å². The van der Waals surface area contributed by atoms with Crippen molar-refractivity contribution in [3.05, 3.63) is 59.4 Å². The molecule has 2 rings (SSSR count). The molecule has 0 unspecified atom stereocenters. The van der Waals surface area contributed by atoms with Crippen LogP contribution in [0.4, 0.5) is 10.1 Å². The molecule has 2 aromatic rings. The molecule has 0 radical (unpaired) electrons. The van der Waals surface area contributed by atoms with Crippen molar-refractivity contribution in [2.75, 3.05) is 19.0 Å². The van der Waals surface area contributed by atoms with Gasteiger partial charge in [-0.25, -0.2) is 9.18 Å². The highest BCUT2D eigenvalue weighted by molar-refractivity contribution is 5.99. The summed E-state index contributed by atoms with van der Waals surface area (Å²) in [5.74, 6) is -1.83. The number of nitrogens with one attached hydrogen (secondary N) is 1. The number of halogens is 1. The zero-order valence-electron chi connectivity index (χ0n) is 11.8. The molecule has 0 spiro atoms. The molecule has 0 aliphatic heterocycles. The lowest BCUT2D eigenvalue weighted by Gasteiger charge is -2.07. The fraction of sp³-hybridized carbons (Fsp3) is 0.125. The number of carbonyl (C=O) groups is 2. The van der Waals surface area contributed by atoms with Gasteiger partial charge in [-0.1, -0.05) is 0 Å². The van der Waals surface area contributed by atoms with Crippen molar-refractivity contribution in [1.29, 1.82) is 0 Å². The van der Waals surface area contributed by atoms with E-state index in [0.29, 0.717) is 5.69 Å². The monoisotopic (exact) mass is 303 g/mol. The quantitative estimate of drug-likeness (QED) is 0.803. The number of methoxy groups -OCH3 is 1. The Hall–Kier alpha value is -2.89. The molecule has 0 aliphatic carbocycles. The molecule has 22 heavy (non-hydrogen) atoms. The average Bonchev–Trinajstić information content (AvgIpc) is 2.52. The second kappa shape index (κ2) is 6.71. The van der Waals surface area contributed by atoms with E-state index in [0.717, 1.165) is 6.07 Å². The third-order valence-corrected chi connectivity index (χ3v) is 3.06. The minimum Gasteiger partial charge on any atom is -0.494 e. The van der Waals surface area contributed by atoms with Gasteiger partial charge in [-0.3, -0.25) is 4.79 Å². The van der Waals surface area contributed by atoms with Crippen LogP contribution in [-0.4, -0.2) is 30.5 Å². The van der Waals surface area contributed by atoms with Gasteiger partial charge in [0.25, 0.3) is 0 Å². The van der Waals surface area contributed by atoms with Gasteiger partial charge in [0, 0.05) is 11.3 Å². The number of ketones is 1. The minimum absolute atomic E-state index is 0.0296. The SMILES string of the molecule is COc1ccc(C(=O)CNc2ccc(C(=O)O)cc2)cc1F. The first-order valence-electron chi connectivity index (χ1n) is 6.45. The normalized spacial score (nSPS) is 10.1. The highest BCUT2D eigenvalue weighted by atomic mass is 19.1. The third-order valence-electron chi connectivity index (χ3n) is 3.06. The zero-order chi connectivity index (χ0) is 16.1. The molecule has 6 heteroatoms. The molecule has 0 bridgehead atoms. The van der Waals surface area contributed by atoms with Crippen molar-refractivity contribution >= 4 is 17.4 Å². The van der Waals surface area contributed by atoms with Gasteiger partial charge in [0.05, 0.1) is 19.2 Å². The molecule has 0 fully saturated rings. The van der Waals surface area contributed by atoms with E-state index in [1.807, 2.05) is 0 Å². The summed E-state index contributed by atoms with van der Waals surface area (Å²) in [6.07, 6.45) is 0. The molecular weight excluding hydrogens is 289 g/mol. The second-order valence-corrected chi connectivity index (χ2v) is 4.51. The molecule has 0 saturated heterocycles. The number of carbonyl (C=O) groups excluding carboxylic acids is 1. The smallest absolute Gasteiger partial charge is 0.335 e. The first-order chi connectivity index (χ1) is 10.5. The van der Waals surface area contributed by atoms with Gasteiger partial charge in [-0.15, -0.1) is 0 Å². The van der Waals surface area contributed by atoms with Crippen molar-refractivity contribution < 1.29 is 23.8 Å². The van der Waals surface area contributed by atoms with E-state index in [-0.39, 0.29) is 29.2 Å². The Bertz CT molecular complexity index is 698. The van der Waals surface area contributed by atoms with Gasteiger partial charge in [-0.05, 0) is 42.5 Å². The maximum Gasteiger partial charge on any atom is 0.335 e. The van der Waals surface area contributed by atoms with E-state index in [1.165, 1.54) is 31.4 Å². The summed E-state index contributed by atoms with van der Waals surface area (Å²) in [7, 11) is 1.35. The number of carboxylic acids is 1. The molecule has 0 atom stereocenters. The van der Waals surface area contributed by atoms with Crippen LogP contribution in [0.2, 0.25) is 0 Å². The van der Waals surface area contributed by atoms with E-state index in [4.69, 9.17) is 9.84 Å². The number of benzene rings is 2. The van der Waals surface area contributed by atoms with Crippen molar-refractivity contribution in [2.45, 2.75) is 0 Å². The zero-order valence-corrected chi connectivity index (χ0v) is 11.8. The Labute approximate surface area is 126 Å². The summed E-state index contributed by atoms with van der Waals surface area (Å²) in [5, 5.41) is 11.7. The second-order valence-electron chi connectivity index (χ2n) is 4.51. The summed E-state index contributed by atoms with van der Waals surface area (Å²) in [6.45, 7) is -0.0296. The molecule has 0 aliphatic rings. The molecule has 0 saturated carbocycles. The summed E-state index contributed by atoms with van der Waals surface area (Å²) in [4.78, 5) is 22.7. The number of aromatic carboxylic acids is 1. The number of carboxylic acid groups (broad SMARTS) is 1. The van der Waals surface area contributed by atoms with Gasteiger partial charge in [0.1, 0.15) is 0 Å². The number of Topliss-reactive ketones (excluding diaryl/α,β-unsaturated/α-hetero) is 1. The fourth-order valence-corrected chi connectivity index (χ4v) is 1.85. The lowest BCUT2D eigenvalue weighted by Crippen LogP contribution is -2.14. The first-order valence-corrected chi connectivity index (χ1v) is 6.45. The molecule has 0 heterocycles. The number of ether oxygens (including phenoxy) is 1. The van der Waals surface area contributed by atoms with Crippen LogP contribution in [0, 0.1) is 5.82 Å². The van der Waals surface area contributed by atoms with E-state index in [2.05, 4.69) is 5.32 Å². The lowest BCUT2D eigenvalue weighted by atomic mass is 10.1. The molecule has 0 aromatic heterocycles. The Morgan fingerprint density at radius 2 is 1.77 bits per heavy atom. The molecular formula is C16H14FNO4. The van der Waals surface area contributed by atoms with Gasteiger partial charge in [0.15, 0.2) is 17.3 Å². The number of rotatable bonds is 6. The molecule has 2 aromatic carbocycles. The fourth-order valence-electron chi connectivity index (χ4n) is 1.85. The topological polar surface area (TPSA) is 75.6 Å². The average molecular weight is 303 g/mol. The lowest BCUT2D eigenvalue weighted by molar-refractivity contribution is 0.0696. The van der Waals surface area contributed by atoms with Crippen LogP contribution < -0.4 is 10.1 Å². The maximum absolute atomic E-state index is 13.5. The number of hydrogen-bond donors (Lipinski definition) is 2. The van der Waals surface area contributed by atoms with Crippen LogP contribution in [0.1, 0.15) is 20.7 Å². The standard InChI is InChI=1S/C16H14FNO4/c1-22-15-7-4-11(8-13(15)17)14(19)9-18-12-5-2-10(3-6-12)16(20)21/h2-8,18H,9H2,1H3,(H,20,21). The van der Waals surface area contributed by atoms with Gasteiger partial charge < -0.3 is 15.2 Å². The van der Waals surface area contributed by atoms with Gasteiger partial charge >= 0.3 is 5.97 Å². The van der Waals surface area contributed by atoms with Crippen molar-refractivity contribution in [3.63, 3.8) is 0 Å². The molecule has 114 valence electrons. The van der Waals surface area contributed by atoms with Crippen molar-refractivity contribution in [1.82, 2.24) is 0 Å². The predicted octanol–water partition coefficient (Wildman–Crippen LogP) is 2.83. The number of anilines is 1. The van der Waals surface area contributed by atoms with Crippen LogP contribution in [0.5, 0.6) is 5.75 Å². The number of hydrogen-bond acceptors (Lipinski definition) is 4. The highest BCUT2D eigenvalue weighted by Gasteiger charge is 2.10. The minimum atomic E-state index is -1.02. The Morgan fingerprint density at radius 1 is 1.14 bits per heavy atom. The maximum atomic E-state index is 13.5. The molecule has 0 amide bonds. The van der Waals surface area contributed by atoms with E-state index in [9.17, 15) is 14.0 Å². The van der Waals surface area contributed by atoms with E-state index >= 15 is 0 Å². The molecule has 2 N–H and O–H groups in total. The van der Waals surface area contributed by atoms with E-state index < -0.39 is 11.8 Å². The summed E-state index contributed by atoms with van der Waals surface area (Å²) >= 11 is 0. The first kappa shape index (κ1) is 15.5. The third kappa shape index (κ3) is 3.60. The predicted molar refractivity (Wildman–Crippen MR) is 79.2 cm³/mol. The Morgan fingerprint density at radius 3 is 2.32 bits per heavy atom. The summed E-state index contributed by atoms with van der Waals surface area (Å²) < 4.78 is 18.3. The van der Waals surface area contributed by atoms with Gasteiger partial charge in [-0.2, -0.15) is 0 Å². The summed E-state index contributed by atoms with van der Waals surface area (Å²) in [6, 6.07) is 9.99. The van der Waals surface area contributed by atoms with Crippen LogP contribution in [0.3, 0.4) is 0 Å². The summed E-state index contributed by atoms with van der Waals surface area (Å²) in [5.41, 5.74) is 0.995. The van der Waals surface area contributed by atoms with Crippen molar-refractivity contribution in [2.24, 2.45) is 0 Å². The van der Waals surface area contributed by atoms with Crippen molar-refractivity contribution in [3.8, 4) is 5.75 Å². The van der Waals surface area contributed by atoms with Crippen LogP contribution >= 0.6 is 0 Å². The Balaban J connectivity index is 2.00. The van der Waals surface area contributed by atoms with E-state index in [1.54, 1.807) is 12.1 Å². The van der Waals surface area contributed by atoms with Crippen LogP contribution in [0.25, 0.3) is 0 Å². The highest BCUT2D eigenvalue weighted by Crippen LogP contribution is 2.18. The molecule has 5 nitrogen and oxygen atoms in total. The largest absolute Gasteiger partial charge is 0.494 e.